The van der Waals surface area contributed by atoms with Crippen LogP contribution >= 0.6 is 12.2 Å². The predicted octanol–water partition coefficient (Wildman–Crippen LogP) is 2.81. The number of anilines is 1. The summed E-state index contributed by atoms with van der Waals surface area (Å²) in [5, 5.41) is 14.5. The molecule has 3 N–H and O–H groups in total. The first-order valence-corrected chi connectivity index (χ1v) is 6.92. The van der Waals surface area contributed by atoms with Crippen molar-refractivity contribution in [2.24, 2.45) is 5.14 Å². The molecule has 0 atom stereocenters. The van der Waals surface area contributed by atoms with E-state index in [1.54, 1.807) is 24.3 Å². The summed E-state index contributed by atoms with van der Waals surface area (Å²) in [6.07, 6.45) is -0.481. The largest absolute Gasteiger partial charge is 0.508 e. The highest BCUT2D eigenvalue weighted by molar-refractivity contribution is 7.92. The van der Waals surface area contributed by atoms with Gasteiger partial charge >= 0.3 is 6.09 Å². The number of ether oxygens (including phenoxy) is 1. The minimum Gasteiger partial charge on any atom is -0.508 e. The SMILES string of the molecule is NSOc1ccc2c(c1)OC(=O)N(c1ccc(O)cc1)C2. The van der Waals surface area contributed by atoms with Crippen molar-refractivity contribution in [3.8, 4) is 17.2 Å². The van der Waals surface area contributed by atoms with Crippen LogP contribution in [0.5, 0.6) is 17.2 Å². The van der Waals surface area contributed by atoms with E-state index < -0.39 is 6.09 Å². The van der Waals surface area contributed by atoms with E-state index >= 15 is 0 Å². The van der Waals surface area contributed by atoms with Gasteiger partial charge in [-0.1, -0.05) is 0 Å². The van der Waals surface area contributed by atoms with Crippen molar-refractivity contribution in [3.05, 3.63) is 48.0 Å². The minimum atomic E-state index is -0.481. The van der Waals surface area contributed by atoms with E-state index in [1.165, 1.54) is 17.0 Å². The lowest BCUT2D eigenvalue weighted by Crippen LogP contribution is -2.36. The van der Waals surface area contributed by atoms with Gasteiger partial charge in [-0.25, -0.2) is 9.93 Å². The van der Waals surface area contributed by atoms with Gasteiger partial charge < -0.3 is 14.0 Å². The number of rotatable bonds is 3. The Labute approximate surface area is 125 Å². The van der Waals surface area contributed by atoms with Crippen molar-refractivity contribution in [3.63, 3.8) is 0 Å². The molecule has 0 bridgehead atoms. The molecule has 0 saturated carbocycles. The Hall–Kier alpha value is -2.38. The number of carbonyl (C=O) groups excluding carboxylic acids is 1. The van der Waals surface area contributed by atoms with E-state index in [0.717, 1.165) is 17.8 Å². The van der Waals surface area contributed by atoms with Gasteiger partial charge in [0.25, 0.3) is 0 Å². The van der Waals surface area contributed by atoms with Crippen LogP contribution in [0, 0.1) is 0 Å². The third-order valence-corrected chi connectivity index (χ3v) is 3.38. The summed E-state index contributed by atoms with van der Waals surface area (Å²) in [4.78, 5) is 13.6. The molecule has 0 aliphatic carbocycles. The highest BCUT2D eigenvalue weighted by Crippen LogP contribution is 2.33. The second-order valence-electron chi connectivity index (χ2n) is 4.42. The summed E-state index contributed by atoms with van der Waals surface area (Å²) >= 11 is 0.730. The monoisotopic (exact) mass is 304 g/mol. The van der Waals surface area contributed by atoms with E-state index in [0.29, 0.717) is 23.7 Å². The zero-order chi connectivity index (χ0) is 14.8. The molecule has 0 fully saturated rings. The van der Waals surface area contributed by atoms with Crippen LogP contribution in [0.15, 0.2) is 42.5 Å². The van der Waals surface area contributed by atoms with Gasteiger partial charge in [0, 0.05) is 17.3 Å². The molecule has 7 heteroatoms. The standard InChI is InChI=1S/C14H12N2O4S/c15-21-20-12-6-1-9-8-16(14(18)19-13(9)7-12)10-2-4-11(17)5-3-10/h1-7,17H,8,15H2. The summed E-state index contributed by atoms with van der Waals surface area (Å²) in [5.41, 5.74) is 1.51. The molecule has 21 heavy (non-hydrogen) atoms. The van der Waals surface area contributed by atoms with Crippen molar-refractivity contribution in [2.75, 3.05) is 4.90 Å². The predicted molar refractivity (Wildman–Crippen MR) is 79.2 cm³/mol. The number of benzene rings is 2. The van der Waals surface area contributed by atoms with Crippen LogP contribution < -0.4 is 19.0 Å². The number of carbonyl (C=O) groups is 1. The molecule has 1 heterocycles. The summed E-state index contributed by atoms with van der Waals surface area (Å²) in [6.45, 7) is 0.384. The fourth-order valence-electron chi connectivity index (χ4n) is 2.08. The molecule has 0 spiro atoms. The fraction of sp³-hybridized carbons (Fsp3) is 0.0714. The van der Waals surface area contributed by atoms with Gasteiger partial charge in [-0.3, -0.25) is 4.90 Å². The van der Waals surface area contributed by atoms with Gasteiger partial charge in [0.15, 0.2) is 0 Å². The van der Waals surface area contributed by atoms with Gasteiger partial charge in [0.2, 0.25) is 0 Å². The van der Waals surface area contributed by atoms with Crippen LogP contribution in [-0.4, -0.2) is 11.2 Å². The maximum Gasteiger partial charge on any atom is 0.420 e. The normalized spacial score (nSPS) is 13.6. The molecule has 0 unspecified atom stereocenters. The van der Waals surface area contributed by atoms with Crippen molar-refractivity contribution >= 4 is 24.0 Å². The average molecular weight is 304 g/mol. The molecule has 0 aromatic heterocycles. The van der Waals surface area contributed by atoms with Gasteiger partial charge in [-0.15, -0.1) is 0 Å². The Kier molecular flexibility index (Phi) is 3.59. The second kappa shape index (κ2) is 5.55. The molecule has 1 aliphatic heterocycles. The molecule has 0 radical (unpaired) electrons. The van der Waals surface area contributed by atoms with Crippen LogP contribution in [-0.2, 0) is 6.54 Å². The maximum absolute atomic E-state index is 12.1. The number of fused-ring (bicyclic) bond motifs is 1. The topological polar surface area (TPSA) is 85.0 Å². The first kappa shape index (κ1) is 13.6. The third-order valence-electron chi connectivity index (χ3n) is 3.09. The molecular weight excluding hydrogens is 292 g/mol. The van der Waals surface area contributed by atoms with Gasteiger partial charge in [0.1, 0.15) is 29.5 Å². The summed E-state index contributed by atoms with van der Waals surface area (Å²) in [5.74, 6) is 1.12. The Bertz CT molecular complexity index is 675. The summed E-state index contributed by atoms with van der Waals surface area (Å²) in [6, 6.07) is 11.6. The molecule has 2 aromatic rings. The number of aromatic hydroxyl groups is 1. The third kappa shape index (κ3) is 2.74. The number of hydrogen-bond acceptors (Lipinski definition) is 6. The zero-order valence-corrected chi connectivity index (χ0v) is 11.7. The van der Waals surface area contributed by atoms with Crippen LogP contribution in [0.1, 0.15) is 5.56 Å². The quantitative estimate of drug-likeness (QED) is 0.670. The van der Waals surface area contributed by atoms with Gasteiger partial charge in [0.05, 0.1) is 6.54 Å². The fourth-order valence-corrected chi connectivity index (χ4v) is 2.30. The van der Waals surface area contributed by atoms with Crippen LogP contribution in [0.25, 0.3) is 0 Å². The number of nitrogens with two attached hydrogens (primary N) is 1. The lowest BCUT2D eigenvalue weighted by Gasteiger charge is -2.28. The van der Waals surface area contributed by atoms with E-state index in [1.807, 2.05) is 6.07 Å². The molecular formula is C14H12N2O4S. The molecule has 0 saturated heterocycles. The van der Waals surface area contributed by atoms with E-state index in [4.69, 9.17) is 14.1 Å². The van der Waals surface area contributed by atoms with E-state index in [9.17, 15) is 9.90 Å². The number of amides is 1. The lowest BCUT2D eigenvalue weighted by atomic mass is 10.1. The van der Waals surface area contributed by atoms with E-state index in [-0.39, 0.29) is 5.75 Å². The molecule has 6 nitrogen and oxygen atoms in total. The van der Waals surface area contributed by atoms with Gasteiger partial charge in [-0.05, 0) is 36.4 Å². The zero-order valence-electron chi connectivity index (χ0n) is 10.9. The molecule has 3 rings (SSSR count). The average Bonchev–Trinajstić information content (AvgIpc) is 2.48. The Balaban J connectivity index is 1.88. The maximum atomic E-state index is 12.1. The number of phenolic OH excluding ortho intramolecular Hbond substituents is 1. The second-order valence-corrected chi connectivity index (χ2v) is 4.78. The first-order valence-electron chi connectivity index (χ1n) is 6.12. The van der Waals surface area contributed by atoms with Crippen LogP contribution in [0.4, 0.5) is 10.5 Å². The van der Waals surface area contributed by atoms with Crippen LogP contribution in [0.3, 0.4) is 0 Å². The van der Waals surface area contributed by atoms with E-state index in [2.05, 4.69) is 0 Å². The Morgan fingerprint density at radius 1 is 1.24 bits per heavy atom. The van der Waals surface area contributed by atoms with Gasteiger partial charge in [-0.2, -0.15) is 0 Å². The van der Waals surface area contributed by atoms with Crippen LogP contribution in [0.2, 0.25) is 0 Å². The van der Waals surface area contributed by atoms with Crippen molar-refractivity contribution in [1.82, 2.24) is 0 Å². The van der Waals surface area contributed by atoms with Crippen molar-refractivity contribution < 1.29 is 18.8 Å². The smallest absolute Gasteiger partial charge is 0.420 e. The number of phenols is 1. The Morgan fingerprint density at radius 2 is 2.00 bits per heavy atom. The molecule has 1 aliphatic rings. The summed E-state index contributed by atoms with van der Waals surface area (Å²) < 4.78 is 10.4. The summed E-state index contributed by atoms with van der Waals surface area (Å²) in [7, 11) is 0. The molecule has 2 aromatic carbocycles. The highest BCUT2D eigenvalue weighted by Gasteiger charge is 2.26. The molecule has 1 amide bonds. The highest BCUT2D eigenvalue weighted by atomic mass is 32.2. The van der Waals surface area contributed by atoms with Crippen molar-refractivity contribution in [1.29, 1.82) is 0 Å². The first-order chi connectivity index (χ1) is 10.2. The number of hydrogen-bond donors (Lipinski definition) is 2. The van der Waals surface area contributed by atoms with Crippen molar-refractivity contribution in [2.45, 2.75) is 6.54 Å². The molecule has 108 valence electrons. The Morgan fingerprint density at radius 3 is 2.71 bits per heavy atom. The minimum absolute atomic E-state index is 0.144. The lowest BCUT2D eigenvalue weighted by molar-refractivity contribution is 0.203. The number of nitrogens with zero attached hydrogens (tertiary/aromatic N) is 1.